The molecule has 2 atom stereocenters. The maximum atomic E-state index is 11.9. The Hall–Kier alpha value is -2.08. The molecule has 2 amide bonds. The Morgan fingerprint density at radius 2 is 2.05 bits per heavy atom. The second-order valence-electron chi connectivity index (χ2n) is 5.83. The molecule has 1 saturated heterocycles. The third-order valence-corrected chi connectivity index (χ3v) is 3.63. The van der Waals surface area contributed by atoms with Gasteiger partial charge in [0.05, 0.1) is 19.2 Å². The van der Waals surface area contributed by atoms with Crippen LogP contribution in [0, 0.1) is 5.92 Å². The highest BCUT2D eigenvalue weighted by Gasteiger charge is 2.32. The largest absolute Gasteiger partial charge is 0.442 e. The second kappa shape index (κ2) is 6.79. The van der Waals surface area contributed by atoms with Crippen molar-refractivity contribution < 1.29 is 19.4 Å². The van der Waals surface area contributed by atoms with Crippen LogP contribution in [0.15, 0.2) is 24.3 Å². The molecule has 0 bridgehead atoms. The standard InChI is InChI=1S/C16H22N2O4/c1-10(2)15(20)12-4-6-13(7-5-12)18-9-14(22-16(18)21)8-17-11(3)19/h4-7,10,14-15,20H,8-9H2,1-3H3,(H,17,19)/t14-,15?/m0/s1. The summed E-state index contributed by atoms with van der Waals surface area (Å²) in [6.45, 7) is 6.02. The predicted octanol–water partition coefficient (Wildman–Crippen LogP) is 1.84. The van der Waals surface area contributed by atoms with E-state index in [9.17, 15) is 14.7 Å². The number of ether oxygens (including phenoxy) is 1. The van der Waals surface area contributed by atoms with Crippen molar-refractivity contribution >= 4 is 17.7 Å². The Morgan fingerprint density at radius 1 is 1.41 bits per heavy atom. The summed E-state index contributed by atoms with van der Waals surface area (Å²) in [5.74, 6) is -0.0221. The number of amides is 2. The lowest BCUT2D eigenvalue weighted by molar-refractivity contribution is -0.119. The Bertz CT molecular complexity index is 542. The van der Waals surface area contributed by atoms with Gasteiger partial charge in [0.2, 0.25) is 5.91 Å². The van der Waals surface area contributed by atoms with Gasteiger partial charge in [0.25, 0.3) is 0 Å². The molecule has 0 radical (unpaired) electrons. The summed E-state index contributed by atoms with van der Waals surface area (Å²) in [6, 6.07) is 7.22. The van der Waals surface area contributed by atoms with Gasteiger partial charge < -0.3 is 15.2 Å². The lowest BCUT2D eigenvalue weighted by Crippen LogP contribution is -2.33. The van der Waals surface area contributed by atoms with Crippen LogP contribution < -0.4 is 10.2 Å². The molecule has 1 fully saturated rings. The fourth-order valence-electron chi connectivity index (χ4n) is 2.33. The average Bonchev–Trinajstić information content (AvgIpc) is 2.85. The monoisotopic (exact) mass is 306 g/mol. The number of hydrogen-bond donors (Lipinski definition) is 2. The van der Waals surface area contributed by atoms with E-state index < -0.39 is 12.2 Å². The van der Waals surface area contributed by atoms with Crippen LogP contribution in [-0.2, 0) is 9.53 Å². The zero-order valence-electron chi connectivity index (χ0n) is 13.1. The molecule has 0 aromatic heterocycles. The van der Waals surface area contributed by atoms with Crippen molar-refractivity contribution in [3.8, 4) is 0 Å². The molecule has 0 saturated carbocycles. The summed E-state index contributed by atoms with van der Waals surface area (Å²) < 4.78 is 5.22. The van der Waals surface area contributed by atoms with Crippen LogP contribution in [0.1, 0.15) is 32.4 Å². The van der Waals surface area contributed by atoms with Gasteiger partial charge in [-0.2, -0.15) is 0 Å². The zero-order valence-corrected chi connectivity index (χ0v) is 13.1. The van der Waals surface area contributed by atoms with Gasteiger partial charge in [0, 0.05) is 12.6 Å². The maximum Gasteiger partial charge on any atom is 0.414 e. The zero-order chi connectivity index (χ0) is 16.3. The maximum absolute atomic E-state index is 11.9. The first-order valence-corrected chi connectivity index (χ1v) is 7.39. The molecule has 6 nitrogen and oxygen atoms in total. The van der Waals surface area contributed by atoms with Gasteiger partial charge in [-0.05, 0) is 23.6 Å². The highest BCUT2D eigenvalue weighted by atomic mass is 16.6. The minimum atomic E-state index is -0.521. The Labute approximate surface area is 130 Å². The van der Waals surface area contributed by atoms with Crippen molar-refractivity contribution in [3.63, 3.8) is 0 Å². The molecule has 0 aliphatic carbocycles. The van der Waals surface area contributed by atoms with Gasteiger partial charge in [-0.15, -0.1) is 0 Å². The summed E-state index contributed by atoms with van der Waals surface area (Å²) in [4.78, 5) is 24.3. The molecule has 22 heavy (non-hydrogen) atoms. The molecule has 1 aliphatic heterocycles. The van der Waals surface area contributed by atoms with Crippen molar-refractivity contribution in [3.05, 3.63) is 29.8 Å². The van der Waals surface area contributed by atoms with Crippen LogP contribution in [-0.4, -0.2) is 36.3 Å². The minimum Gasteiger partial charge on any atom is -0.442 e. The van der Waals surface area contributed by atoms with Crippen molar-refractivity contribution in [1.29, 1.82) is 0 Å². The van der Waals surface area contributed by atoms with E-state index in [4.69, 9.17) is 4.74 Å². The Kier molecular flexibility index (Phi) is 5.03. The highest BCUT2D eigenvalue weighted by Crippen LogP contribution is 2.26. The number of anilines is 1. The Balaban J connectivity index is 2.02. The topological polar surface area (TPSA) is 78.9 Å². The second-order valence-corrected chi connectivity index (χ2v) is 5.83. The van der Waals surface area contributed by atoms with Gasteiger partial charge in [-0.25, -0.2) is 4.79 Å². The van der Waals surface area contributed by atoms with Crippen LogP contribution in [0.4, 0.5) is 10.5 Å². The molecule has 0 spiro atoms. The number of carbonyl (C=O) groups is 2. The number of benzene rings is 1. The van der Waals surface area contributed by atoms with Gasteiger partial charge in [0.15, 0.2) is 0 Å². The first-order valence-electron chi connectivity index (χ1n) is 7.39. The molecule has 6 heteroatoms. The van der Waals surface area contributed by atoms with Crippen LogP contribution in [0.2, 0.25) is 0 Å². The first-order chi connectivity index (χ1) is 10.4. The number of nitrogens with zero attached hydrogens (tertiary/aromatic N) is 1. The lowest BCUT2D eigenvalue weighted by Gasteiger charge is -2.17. The summed E-state index contributed by atoms with van der Waals surface area (Å²) in [6.07, 6.45) is -1.29. The number of hydrogen-bond acceptors (Lipinski definition) is 4. The Morgan fingerprint density at radius 3 is 2.59 bits per heavy atom. The van der Waals surface area contributed by atoms with E-state index in [1.807, 2.05) is 26.0 Å². The third-order valence-electron chi connectivity index (χ3n) is 3.63. The van der Waals surface area contributed by atoms with E-state index in [0.717, 1.165) is 11.3 Å². The van der Waals surface area contributed by atoms with Crippen molar-refractivity contribution in [2.24, 2.45) is 5.92 Å². The summed E-state index contributed by atoms with van der Waals surface area (Å²) in [7, 11) is 0. The number of nitrogens with one attached hydrogen (secondary N) is 1. The predicted molar refractivity (Wildman–Crippen MR) is 82.5 cm³/mol. The van der Waals surface area contributed by atoms with Crippen molar-refractivity contribution in [1.82, 2.24) is 5.32 Å². The molecule has 1 aliphatic rings. The van der Waals surface area contributed by atoms with Crippen molar-refractivity contribution in [2.75, 3.05) is 18.0 Å². The molecular weight excluding hydrogens is 284 g/mol. The fourth-order valence-corrected chi connectivity index (χ4v) is 2.33. The van der Waals surface area contributed by atoms with E-state index >= 15 is 0 Å². The van der Waals surface area contributed by atoms with Gasteiger partial charge in [0.1, 0.15) is 6.10 Å². The number of rotatable bonds is 5. The van der Waals surface area contributed by atoms with Crippen LogP contribution in [0.5, 0.6) is 0 Å². The molecule has 1 unspecified atom stereocenters. The van der Waals surface area contributed by atoms with Gasteiger partial charge in [-0.3, -0.25) is 9.69 Å². The summed E-state index contributed by atoms with van der Waals surface area (Å²) >= 11 is 0. The first kappa shape index (κ1) is 16.3. The fraction of sp³-hybridized carbons (Fsp3) is 0.500. The van der Waals surface area contributed by atoms with E-state index in [1.54, 1.807) is 12.1 Å². The van der Waals surface area contributed by atoms with Crippen LogP contribution in [0.3, 0.4) is 0 Å². The van der Waals surface area contributed by atoms with E-state index in [-0.39, 0.29) is 17.9 Å². The minimum absolute atomic E-state index is 0.129. The van der Waals surface area contributed by atoms with Crippen LogP contribution in [0.25, 0.3) is 0 Å². The number of cyclic esters (lactones) is 1. The highest BCUT2D eigenvalue weighted by molar-refractivity contribution is 5.89. The average molecular weight is 306 g/mol. The van der Waals surface area contributed by atoms with E-state index in [1.165, 1.54) is 11.8 Å². The molecule has 120 valence electrons. The lowest BCUT2D eigenvalue weighted by atomic mass is 9.99. The SMILES string of the molecule is CC(=O)NC[C@H]1CN(c2ccc(C(O)C(C)C)cc2)C(=O)O1. The summed E-state index contributed by atoms with van der Waals surface area (Å²) in [5.41, 5.74) is 1.54. The summed E-state index contributed by atoms with van der Waals surface area (Å²) in [5, 5.41) is 12.7. The molecule has 2 rings (SSSR count). The van der Waals surface area contributed by atoms with Gasteiger partial charge >= 0.3 is 6.09 Å². The number of carbonyl (C=O) groups excluding carboxylic acids is 2. The van der Waals surface area contributed by atoms with E-state index in [0.29, 0.717) is 13.1 Å². The normalized spacial score (nSPS) is 19.2. The molecule has 2 N–H and O–H groups in total. The molecule has 1 heterocycles. The third kappa shape index (κ3) is 3.76. The van der Waals surface area contributed by atoms with Crippen LogP contribution >= 0.6 is 0 Å². The molecule has 1 aromatic carbocycles. The quantitative estimate of drug-likeness (QED) is 0.870. The smallest absolute Gasteiger partial charge is 0.414 e. The number of aliphatic hydroxyl groups excluding tert-OH is 1. The van der Waals surface area contributed by atoms with E-state index in [2.05, 4.69) is 5.32 Å². The number of aliphatic hydroxyl groups is 1. The molecule has 1 aromatic rings. The van der Waals surface area contributed by atoms with Crippen molar-refractivity contribution in [2.45, 2.75) is 33.0 Å². The van der Waals surface area contributed by atoms with Gasteiger partial charge in [-0.1, -0.05) is 26.0 Å². The molecular formula is C16H22N2O4.